The van der Waals surface area contributed by atoms with Gasteiger partial charge in [-0.05, 0) is 24.3 Å². The number of carbonyl (C=O) groups excluding carboxylic acids is 2. The number of hydrogen-bond acceptors (Lipinski definition) is 7. The van der Waals surface area contributed by atoms with Crippen molar-refractivity contribution in [3.8, 4) is 21.9 Å². The fourth-order valence-corrected chi connectivity index (χ4v) is 4.59. The van der Waals surface area contributed by atoms with Crippen molar-refractivity contribution in [2.75, 3.05) is 5.32 Å². The number of anilines is 1. The molecule has 0 aliphatic rings. The lowest BCUT2D eigenvalue weighted by atomic mass is 10.2. The summed E-state index contributed by atoms with van der Waals surface area (Å²) in [4.78, 5) is 33.9. The third-order valence-electron chi connectivity index (χ3n) is 4.44. The molecule has 32 heavy (non-hydrogen) atoms. The average molecular weight is 471 g/mol. The van der Waals surface area contributed by atoms with E-state index in [-0.39, 0.29) is 30.5 Å². The molecule has 0 bridgehead atoms. The summed E-state index contributed by atoms with van der Waals surface area (Å²) in [6.45, 7) is 1.96. The van der Waals surface area contributed by atoms with E-state index < -0.39 is 0 Å². The first-order valence-corrected chi connectivity index (χ1v) is 11.5. The van der Waals surface area contributed by atoms with E-state index in [1.165, 1.54) is 41.9 Å². The van der Waals surface area contributed by atoms with Crippen LogP contribution in [0.1, 0.15) is 24.1 Å². The van der Waals surface area contributed by atoms with Crippen LogP contribution >= 0.6 is 22.7 Å². The molecule has 7 nitrogen and oxygen atoms in total. The number of oxazole rings is 1. The molecule has 10 heteroatoms. The largest absolute Gasteiger partial charge is 0.441 e. The number of aryl methyl sites for hydroxylation is 1. The molecule has 4 rings (SSSR count). The molecular weight excluding hydrogens is 451 g/mol. The van der Waals surface area contributed by atoms with Gasteiger partial charge in [-0.25, -0.2) is 14.4 Å². The van der Waals surface area contributed by atoms with Gasteiger partial charge in [-0.3, -0.25) is 9.59 Å². The van der Waals surface area contributed by atoms with E-state index >= 15 is 0 Å². The van der Waals surface area contributed by atoms with E-state index in [1.54, 1.807) is 18.2 Å². The van der Waals surface area contributed by atoms with Crippen molar-refractivity contribution < 1.29 is 18.4 Å². The van der Waals surface area contributed by atoms with Crippen LogP contribution in [0.15, 0.2) is 52.4 Å². The van der Waals surface area contributed by atoms with E-state index in [2.05, 4.69) is 20.6 Å². The normalized spacial score (nSPS) is 10.8. The summed E-state index contributed by atoms with van der Waals surface area (Å²) in [5.74, 6) is 0.0155. The quantitative estimate of drug-likeness (QED) is 0.383. The fraction of sp³-hybridized carbons (Fsp3) is 0.182. The molecular formula is C22H19FN4O3S2. The smallest absolute Gasteiger partial charge is 0.226 e. The van der Waals surface area contributed by atoms with Crippen LogP contribution in [0.3, 0.4) is 0 Å². The first kappa shape index (κ1) is 21.8. The van der Waals surface area contributed by atoms with Gasteiger partial charge in [0.05, 0.1) is 28.9 Å². The molecule has 0 aliphatic carbocycles. The van der Waals surface area contributed by atoms with Crippen LogP contribution in [0.25, 0.3) is 21.9 Å². The predicted octanol–water partition coefficient (Wildman–Crippen LogP) is 4.87. The van der Waals surface area contributed by atoms with Crippen molar-refractivity contribution in [2.45, 2.75) is 26.3 Å². The maximum Gasteiger partial charge on any atom is 0.226 e. The minimum absolute atomic E-state index is 0.0770. The third kappa shape index (κ3) is 5.45. The van der Waals surface area contributed by atoms with Gasteiger partial charge in [0.1, 0.15) is 5.82 Å². The van der Waals surface area contributed by atoms with E-state index in [1.807, 2.05) is 17.5 Å². The monoisotopic (exact) mass is 470 g/mol. The molecule has 0 radical (unpaired) electrons. The highest BCUT2D eigenvalue weighted by molar-refractivity contribution is 7.17. The number of nitrogens with one attached hydrogen (secondary N) is 2. The van der Waals surface area contributed by atoms with Gasteiger partial charge >= 0.3 is 0 Å². The Morgan fingerprint density at radius 3 is 2.84 bits per heavy atom. The molecule has 0 saturated carbocycles. The second kappa shape index (κ2) is 9.84. The molecule has 0 atom stereocenters. The number of halogens is 1. The summed E-state index contributed by atoms with van der Waals surface area (Å²) in [5, 5.41) is 7.92. The third-order valence-corrected chi connectivity index (χ3v) is 6.30. The molecule has 1 aromatic carbocycles. The predicted molar refractivity (Wildman–Crippen MR) is 122 cm³/mol. The molecule has 3 heterocycles. The summed E-state index contributed by atoms with van der Waals surface area (Å²) in [6.07, 6.45) is 1.90. The van der Waals surface area contributed by atoms with E-state index in [0.29, 0.717) is 28.9 Å². The van der Waals surface area contributed by atoms with E-state index in [4.69, 9.17) is 4.42 Å². The number of aromatic nitrogens is 2. The Morgan fingerprint density at radius 1 is 1.19 bits per heavy atom. The molecule has 3 aromatic heterocycles. The molecule has 0 unspecified atom stereocenters. The molecule has 4 aromatic rings. The highest BCUT2D eigenvalue weighted by Gasteiger charge is 2.13. The maximum atomic E-state index is 13.9. The molecule has 164 valence electrons. The Bertz CT molecular complexity index is 1250. The van der Waals surface area contributed by atoms with Gasteiger partial charge in [0.2, 0.25) is 11.8 Å². The van der Waals surface area contributed by atoms with Crippen LogP contribution in [0.4, 0.5) is 9.52 Å². The van der Waals surface area contributed by atoms with Gasteiger partial charge in [0.25, 0.3) is 0 Å². The van der Waals surface area contributed by atoms with Gasteiger partial charge in [-0.2, -0.15) is 0 Å². The summed E-state index contributed by atoms with van der Waals surface area (Å²) in [6, 6.07) is 10.2. The number of carbonyl (C=O) groups is 2. The number of amides is 2. The van der Waals surface area contributed by atoms with Gasteiger partial charge in [0.15, 0.2) is 16.8 Å². The van der Waals surface area contributed by atoms with E-state index in [9.17, 15) is 14.0 Å². The number of hydrogen-bond donors (Lipinski definition) is 2. The lowest BCUT2D eigenvalue weighted by Gasteiger charge is -2.00. The van der Waals surface area contributed by atoms with Crippen molar-refractivity contribution in [3.05, 3.63) is 64.6 Å². The Labute approximate surface area is 191 Å². The zero-order valence-electron chi connectivity index (χ0n) is 17.1. The highest BCUT2D eigenvalue weighted by atomic mass is 32.1. The summed E-state index contributed by atoms with van der Waals surface area (Å²) >= 11 is 2.88. The SMILES string of the molecule is CC(=O)NCc1ccc(-c2csc(NC(=O)CCc3ncc(-c4ccccc4F)o3)n2)s1. The van der Waals surface area contributed by atoms with Gasteiger partial charge < -0.3 is 15.1 Å². The van der Waals surface area contributed by atoms with Crippen molar-refractivity contribution in [3.63, 3.8) is 0 Å². The number of benzene rings is 1. The zero-order valence-corrected chi connectivity index (χ0v) is 18.7. The average Bonchev–Trinajstić information content (AvgIpc) is 3.52. The van der Waals surface area contributed by atoms with Crippen molar-refractivity contribution >= 4 is 39.6 Å². The standard InChI is InChI=1S/C22H19FN4O3S2/c1-13(28)24-10-14-6-7-19(32-14)17-12-31-22(26-17)27-20(29)8-9-21-25-11-18(30-21)15-4-2-3-5-16(15)23/h2-7,11-12H,8-10H2,1H3,(H,24,28)(H,26,27,29). The van der Waals surface area contributed by atoms with Crippen molar-refractivity contribution in [2.24, 2.45) is 0 Å². The lowest BCUT2D eigenvalue weighted by molar-refractivity contribution is -0.119. The van der Waals surface area contributed by atoms with Gasteiger partial charge in [0, 0.05) is 30.0 Å². The van der Waals surface area contributed by atoms with Crippen LogP contribution in [-0.4, -0.2) is 21.8 Å². The van der Waals surface area contributed by atoms with Crippen LogP contribution in [0.2, 0.25) is 0 Å². The topological polar surface area (TPSA) is 97.1 Å². The number of rotatable bonds is 8. The Kier molecular flexibility index (Phi) is 6.72. The number of nitrogens with zero attached hydrogens (tertiary/aromatic N) is 2. The second-order valence-corrected chi connectivity index (χ2v) is 8.89. The Hall–Kier alpha value is -3.37. The fourth-order valence-electron chi connectivity index (χ4n) is 2.88. The number of thiazole rings is 1. The van der Waals surface area contributed by atoms with Gasteiger partial charge in [-0.1, -0.05) is 12.1 Å². The second-order valence-electron chi connectivity index (χ2n) is 6.86. The molecule has 2 amide bonds. The van der Waals surface area contributed by atoms with E-state index in [0.717, 1.165) is 15.4 Å². The van der Waals surface area contributed by atoms with Crippen molar-refractivity contribution in [1.29, 1.82) is 0 Å². The maximum absolute atomic E-state index is 13.9. The molecule has 2 N–H and O–H groups in total. The first-order valence-electron chi connectivity index (χ1n) is 9.76. The lowest BCUT2D eigenvalue weighted by Crippen LogP contribution is -2.17. The molecule has 0 saturated heterocycles. The van der Waals surface area contributed by atoms with Crippen LogP contribution < -0.4 is 10.6 Å². The molecule has 0 aliphatic heterocycles. The minimum Gasteiger partial charge on any atom is -0.441 e. The molecule has 0 spiro atoms. The highest BCUT2D eigenvalue weighted by Crippen LogP contribution is 2.31. The number of thiophene rings is 1. The zero-order chi connectivity index (χ0) is 22.5. The minimum atomic E-state index is -0.388. The Balaban J connectivity index is 1.30. The summed E-state index contributed by atoms with van der Waals surface area (Å²) < 4.78 is 19.4. The van der Waals surface area contributed by atoms with Crippen LogP contribution in [0, 0.1) is 5.82 Å². The summed E-state index contributed by atoms with van der Waals surface area (Å²) in [5.41, 5.74) is 1.10. The van der Waals surface area contributed by atoms with Crippen LogP contribution in [0.5, 0.6) is 0 Å². The molecule has 0 fully saturated rings. The van der Waals surface area contributed by atoms with Crippen molar-refractivity contribution in [1.82, 2.24) is 15.3 Å². The first-order chi connectivity index (χ1) is 15.5. The summed E-state index contributed by atoms with van der Waals surface area (Å²) in [7, 11) is 0. The Morgan fingerprint density at radius 2 is 2.03 bits per heavy atom. The van der Waals surface area contributed by atoms with Crippen LogP contribution in [-0.2, 0) is 22.6 Å². The van der Waals surface area contributed by atoms with Gasteiger partial charge in [-0.15, -0.1) is 22.7 Å².